The first kappa shape index (κ1) is 17.8. The lowest BCUT2D eigenvalue weighted by molar-refractivity contribution is -0.125. The van der Waals surface area contributed by atoms with Gasteiger partial charge < -0.3 is 9.64 Å². The predicted octanol–water partition coefficient (Wildman–Crippen LogP) is 3.75. The van der Waals surface area contributed by atoms with Crippen molar-refractivity contribution in [2.45, 2.75) is 6.54 Å². The maximum atomic E-state index is 12.3. The third-order valence-corrected chi connectivity index (χ3v) is 4.86. The minimum Gasteiger partial charge on any atom is -0.465 e. The van der Waals surface area contributed by atoms with E-state index in [2.05, 4.69) is 9.72 Å². The van der Waals surface area contributed by atoms with Crippen LogP contribution >= 0.6 is 11.3 Å². The van der Waals surface area contributed by atoms with Crippen molar-refractivity contribution >= 4 is 39.5 Å². The number of para-hydroxylation sites is 1. The summed E-state index contributed by atoms with van der Waals surface area (Å²) in [6.45, 7) is 0.462. The number of nitrogens with zero attached hydrogens (tertiary/aromatic N) is 2. The summed E-state index contributed by atoms with van der Waals surface area (Å²) in [6.07, 6.45) is 3.23. The third-order valence-electron chi connectivity index (χ3n) is 3.84. The third kappa shape index (κ3) is 4.15. The van der Waals surface area contributed by atoms with E-state index in [9.17, 15) is 9.59 Å². The SMILES string of the molecule is COC(=O)c1ccc(/C=C/C(=O)N(C)Cc2nc3ccccc3s2)cc1. The summed E-state index contributed by atoms with van der Waals surface area (Å²) < 4.78 is 5.78. The molecule has 26 heavy (non-hydrogen) atoms. The van der Waals surface area contributed by atoms with Crippen LogP contribution in [0.5, 0.6) is 0 Å². The molecule has 1 amide bonds. The number of methoxy groups -OCH3 is 1. The maximum Gasteiger partial charge on any atom is 0.337 e. The highest BCUT2D eigenvalue weighted by Crippen LogP contribution is 2.22. The monoisotopic (exact) mass is 366 g/mol. The van der Waals surface area contributed by atoms with Gasteiger partial charge in [0.25, 0.3) is 0 Å². The summed E-state index contributed by atoms with van der Waals surface area (Å²) in [7, 11) is 3.09. The van der Waals surface area contributed by atoms with E-state index in [4.69, 9.17) is 0 Å². The molecule has 0 aliphatic rings. The Morgan fingerprint density at radius 3 is 2.58 bits per heavy atom. The highest BCUT2D eigenvalue weighted by molar-refractivity contribution is 7.18. The van der Waals surface area contributed by atoms with Crippen LogP contribution in [0.4, 0.5) is 0 Å². The summed E-state index contributed by atoms with van der Waals surface area (Å²) in [5.41, 5.74) is 2.26. The van der Waals surface area contributed by atoms with Crippen LogP contribution in [0.25, 0.3) is 16.3 Å². The molecule has 0 atom stereocenters. The van der Waals surface area contributed by atoms with E-state index in [1.165, 1.54) is 13.2 Å². The molecular formula is C20H18N2O3S. The summed E-state index contributed by atoms with van der Waals surface area (Å²) in [4.78, 5) is 29.9. The summed E-state index contributed by atoms with van der Waals surface area (Å²) in [5, 5.41) is 0.901. The van der Waals surface area contributed by atoms with Gasteiger partial charge in [0.15, 0.2) is 0 Å². The zero-order chi connectivity index (χ0) is 18.5. The van der Waals surface area contributed by atoms with Crippen molar-refractivity contribution in [2.24, 2.45) is 0 Å². The zero-order valence-corrected chi connectivity index (χ0v) is 15.3. The number of hydrogen-bond acceptors (Lipinski definition) is 5. The number of ether oxygens (including phenoxy) is 1. The Kier molecular flexibility index (Phi) is 5.43. The van der Waals surface area contributed by atoms with Crippen molar-refractivity contribution in [3.8, 4) is 0 Å². The minimum absolute atomic E-state index is 0.110. The molecule has 3 aromatic rings. The van der Waals surface area contributed by atoms with Crippen LogP contribution in [0.15, 0.2) is 54.6 Å². The molecule has 0 saturated heterocycles. The second-order valence-electron chi connectivity index (χ2n) is 5.72. The van der Waals surface area contributed by atoms with Gasteiger partial charge in [-0.3, -0.25) is 4.79 Å². The van der Waals surface area contributed by atoms with Gasteiger partial charge in [0.2, 0.25) is 5.91 Å². The number of carbonyl (C=O) groups is 2. The van der Waals surface area contributed by atoms with Crippen LogP contribution in [0.1, 0.15) is 20.9 Å². The van der Waals surface area contributed by atoms with Crippen LogP contribution in [0.3, 0.4) is 0 Å². The minimum atomic E-state index is -0.382. The number of rotatable bonds is 5. The van der Waals surface area contributed by atoms with Crippen LogP contribution in [0.2, 0.25) is 0 Å². The molecule has 0 fully saturated rings. The molecule has 0 N–H and O–H groups in total. The molecule has 0 aliphatic carbocycles. The Labute approximate surface area is 155 Å². The lowest BCUT2D eigenvalue weighted by Gasteiger charge is -2.12. The first-order valence-electron chi connectivity index (χ1n) is 8.03. The molecule has 0 spiro atoms. The van der Waals surface area contributed by atoms with Gasteiger partial charge >= 0.3 is 5.97 Å². The number of thiazole rings is 1. The lowest BCUT2D eigenvalue weighted by Crippen LogP contribution is -2.23. The molecule has 0 aliphatic heterocycles. The molecule has 1 heterocycles. The normalized spacial score (nSPS) is 11.0. The molecule has 0 bridgehead atoms. The van der Waals surface area contributed by atoms with Crippen molar-refractivity contribution in [3.05, 3.63) is 70.7 Å². The summed E-state index contributed by atoms with van der Waals surface area (Å²) in [6, 6.07) is 14.8. The van der Waals surface area contributed by atoms with Crippen LogP contribution in [0, 0.1) is 0 Å². The zero-order valence-electron chi connectivity index (χ0n) is 14.5. The largest absolute Gasteiger partial charge is 0.465 e. The van der Waals surface area contributed by atoms with Gasteiger partial charge in [-0.15, -0.1) is 11.3 Å². The van der Waals surface area contributed by atoms with E-state index in [1.807, 2.05) is 24.3 Å². The van der Waals surface area contributed by atoms with Crippen molar-refractivity contribution in [3.63, 3.8) is 0 Å². The Bertz CT molecular complexity index is 928. The standard InChI is InChI=1S/C20H18N2O3S/c1-22(13-18-21-16-5-3-4-6-17(16)26-18)19(23)12-9-14-7-10-15(11-8-14)20(24)25-2/h3-12H,13H2,1-2H3/b12-9+. The van der Waals surface area contributed by atoms with E-state index in [0.717, 1.165) is 20.8 Å². The fourth-order valence-corrected chi connectivity index (χ4v) is 3.43. The van der Waals surface area contributed by atoms with Gasteiger partial charge in [0.05, 0.1) is 29.4 Å². The average Bonchev–Trinajstić information content (AvgIpc) is 3.08. The smallest absolute Gasteiger partial charge is 0.337 e. The Hall–Kier alpha value is -2.99. The Morgan fingerprint density at radius 2 is 1.88 bits per heavy atom. The fraction of sp³-hybridized carbons (Fsp3) is 0.150. The molecule has 0 saturated carbocycles. The van der Waals surface area contributed by atoms with E-state index >= 15 is 0 Å². The first-order valence-corrected chi connectivity index (χ1v) is 8.84. The van der Waals surface area contributed by atoms with Crippen LogP contribution in [-0.2, 0) is 16.1 Å². The van der Waals surface area contributed by atoms with Gasteiger partial charge in [-0.25, -0.2) is 9.78 Å². The van der Waals surface area contributed by atoms with Gasteiger partial charge in [-0.2, -0.15) is 0 Å². The molecule has 3 rings (SSSR count). The lowest BCUT2D eigenvalue weighted by atomic mass is 10.1. The van der Waals surface area contributed by atoms with Gasteiger partial charge in [-0.1, -0.05) is 24.3 Å². The molecule has 132 valence electrons. The summed E-state index contributed by atoms with van der Waals surface area (Å²) >= 11 is 1.59. The van der Waals surface area contributed by atoms with Crippen LogP contribution in [-0.4, -0.2) is 35.9 Å². The quantitative estimate of drug-likeness (QED) is 0.510. The maximum absolute atomic E-state index is 12.3. The van der Waals surface area contributed by atoms with Gasteiger partial charge in [-0.05, 0) is 35.9 Å². The van der Waals surface area contributed by atoms with E-state index < -0.39 is 0 Å². The highest BCUT2D eigenvalue weighted by Gasteiger charge is 2.10. The number of aromatic nitrogens is 1. The second-order valence-corrected chi connectivity index (χ2v) is 6.83. The molecule has 2 aromatic carbocycles. The van der Waals surface area contributed by atoms with Gasteiger partial charge in [0.1, 0.15) is 5.01 Å². The number of likely N-dealkylation sites (N-methyl/N-ethyl adjacent to an activating group) is 1. The first-order chi connectivity index (χ1) is 12.6. The topological polar surface area (TPSA) is 59.5 Å². The molecule has 0 unspecified atom stereocenters. The molecule has 5 nitrogen and oxygen atoms in total. The highest BCUT2D eigenvalue weighted by atomic mass is 32.1. The molecule has 0 radical (unpaired) electrons. The number of benzene rings is 2. The van der Waals surface area contributed by atoms with Crippen molar-refractivity contribution in [1.29, 1.82) is 0 Å². The molecule has 6 heteroatoms. The fourth-order valence-electron chi connectivity index (χ4n) is 2.41. The van der Waals surface area contributed by atoms with Crippen molar-refractivity contribution in [2.75, 3.05) is 14.2 Å². The number of hydrogen-bond donors (Lipinski definition) is 0. The number of amides is 1. The summed E-state index contributed by atoms with van der Waals surface area (Å²) in [5.74, 6) is -0.492. The average molecular weight is 366 g/mol. The van der Waals surface area contributed by atoms with E-state index in [0.29, 0.717) is 12.1 Å². The Balaban J connectivity index is 1.63. The van der Waals surface area contributed by atoms with E-state index in [1.54, 1.807) is 53.6 Å². The number of carbonyl (C=O) groups excluding carboxylic acids is 2. The van der Waals surface area contributed by atoms with E-state index in [-0.39, 0.29) is 11.9 Å². The van der Waals surface area contributed by atoms with Crippen molar-refractivity contribution < 1.29 is 14.3 Å². The van der Waals surface area contributed by atoms with Crippen molar-refractivity contribution in [1.82, 2.24) is 9.88 Å². The second kappa shape index (κ2) is 7.93. The molecular weight excluding hydrogens is 348 g/mol. The van der Waals surface area contributed by atoms with Crippen LogP contribution < -0.4 is 0 Å². The molecule has 1 aromatic heterocycles. The Morgan fingerprint density at radius 1 is 1.15 bits per heavy atom. The van der Waals surface area contributed by atoms with Gasteiger partial charge in [0, 0.05) is 13.1 Å². The number of esters is 1. The predicted molar refractivity (Wildman–Crippen MR) is 103 cm³/mol. The number of fused-ring (bicyclic) bond motifs is 1.